The standard InChI is InChI=1S/C15H20/c1-2-6-14(15-11-12-15)10-9-13-7-4-3-5-8-13/h2-5,7-8,14-15H,1,6,9-12H2. The van der Waals surface area contributed by atoms with Crippen LogP contribution in [0.1, 0.15) is 31.2 Å². The first kappa shape index (κ1) is 10.5. The zero-order chi connectivity index (χ0) is 10.5. The largest absolute Gasteiger partial charge is 0.103 e. The summed E-state index contributed by atoms with van der Waals surface area (Å²) >= 11 is 0. The van der Waals surface area contributed by atoms with Crippen LogP contribution in [0.3, 0.4) is 0 Å². The van der Waals surface area contributed by atoms with E-state index in [4.69, 9.17) is 0 Å². The molecule has 0 spiro atoms. The summed E-state index contributed by atoms with van der Waals surface area (Å²) in [7, 11) is 0. The molecule has 1 aromatic carbocycles. The van der Waals surface area contributed by atoms with Crippen LogP contribution in [0.25, 0.3) is 0 Å². The molecule has 0 amide bonds. The van der Waals surface area contributed by atoms with E-state index in [0.29, 0.717) is 0 Å². The Hall–Kier alpha value is -1.04. The zero-order valence-corrected chi connectivity index (χ0v) is 9.36. The fourth-order valence-electron chi connectivity index (χ4n) is 2.32. The molecule has 0 aromatic heterocycles. The third-order valence-corrected chi connectivity index (χ3v) is 3.40. The molecule has 1 atom stereocenters. The van der Waals surface area contributed by atoms with E-state index in [1.807, 2.05) is 0 Å². The predicted octanol–water partition coefficient (Wildman–Crippen LogP) is 4.22. The predicted molar refractivity (Wildman–Crippen MR) is 65.8 cm³/mol. The number of rotatable bonds is 6. The minimum absolute atomic E-state index is 0.891. The van der Waals surface area contributed by atoms with Gasteiger partial charge < -0.3 is 0 Å². The second kappa shape index (κ2) is 5.16. The number of aryl methyl sites for hydroxylation is 1. The topological polar surface area (TPSA) is 0 Å². The van der Waals surface area contributed by atoms with Crippen LogP contribution >= 0.6 is 0 Å². The number of hydrogen-bond acceptors (Lipinski definition) is 0. The molecule has 1 unspecified atom stereocenters. The molecule has 80 valence electrons. The maximum Gasteiger partial charge on any atom is -0.0276 e. The van der Waals surface area contributed by atoms with Crippen molar-refractivity contribution < 1.29 is 0 Å². The van der Waals surface area contributed by atoms with Gasteiger partial charge in [-0.3, -0.25) is 0 Å². The highest BCUT2D eigenvalue weighted by Crippen LogP contribution is 2.40. The normalized spacial score (nSPS) is 17.3. The van der Waals surface area contributed by atoms with Gasteiger partial charge in [0.05, 0.1) is 0 Å². The molecular formula is C15H20. The van der Waals surface area contributed by atoms with Crippen LogP contribution in [0.2, 0.25) is 0 Å². The van der Waals surface area contributed by atoms with Crippen molar-refractivity contribution in [3.63, 3.8) is 0 Å². The third-order valence-electron chi connectivity index (χ3n) is 3.40. The van der Waals surface area contributed by atoms with Crippen LogP contribution in [0.15, 0.2) is 43.0 Å². The molecule has 0 bridgehead atoms. The monoisotopic (exact) mass is 200 g/mol. The Morgan fingerprint density at radius 2 is 2.00 bits per heavy atom. The van der Waals surface area contributed by atoms with Crippen molar-refractivity contribution in [2.75, 3.05) is 0 Å². The molecule has 0 heteroatoms. The van der Waals surface area contributed by atoms with E-state index in [-0.39, 0.29) is 0 Å². The smallest absolute Gasteiger partial charge is 0.0276 e. The maximum absolute atomic E-state index is 3.87. The third kappa shape index (κ3) is 3.23. The molecule has 0 N–H and O–H groups in total. The lowest BCUT2D eigenvalue weighted by Gasteiger charge is -2.13. The van der Waals surface area contributed by atoms with Crippen molar-refractivity contribution in [2.24, 2.45) is 11.8 Å². The molecule has 1 aromatic rings. The van der Waals surface area contributed by atoms with Gasteiger partial charge in [-0.15, -0.1) is 6.58 Å². The Kier molecular flexibility index (Phi) is 3.60. The number of allylic oxidation sites excluding steroid dienone is 1. The Morgan fingerprint density at radius 3 is 2.60 bits per heavy atom. The van der Waals surface area contributed by atoms with Gasteiger partial charge in [-0.1, -0.05) is 36.4 Å². The fourth-order valence-corrected chi connectivity index (χ4v) is 2.32. The first-order valence-corrected chi connectivity index (χ1v) is 6.05. The van der Waals surface area contributed by atoms with E-state index in [1.165, 1.54) is 37.7 Å². The summed E-state index contributed by atoms with van der Waals surface area (Å²) in [6.07, 6.45) is 8.77. The Labute approximate surface area is 93.0 Å². The first-order chi connectivity index (χ1) is 7.40. The van der Waals surface area contributed by atoms with E-state index in [1.54, 1.807) is 0 Å². The first-order valence-electron chi connectivity index (χ1n) is 6.05. The second-order valence-corrected chi connectivity index (χ2v) is 4.65. The van der Waals surface area contributed by atoms with Crippen molar-refractivity contribution >= 4 is 0 Å². The van der Waals surface area contributed by atoms with Gasteiger partial charge in [0.15, 0.2) is 0 Å². The molecule has 0 radical (unpaired) electrons. The Bertz CT molecular complexity index is 295. The zero-order valence-electron chi connectivity index (χ0n) is 9.36. The van der Waals surface area contributed by atoms with E-state index in [0.717, 1.165) is 11.8 Å². The van der Waals surface area contributed by atoms with Gasteiger partial charge in [0.25, 0.3) is 0 Å². The highest BCUT2D eigenvalue weighted by Gasteiger charge is 2.29. The summed E-state index contributed by atoms with van der Waals surface area (Å²) in [6, 6.07) is 10.8. The van der Waals surface area contributed by atoms with Crippen molar-refractivity contribution in [1.82, 2.24) is 0 Å². The van der Waals surface area contributed by atoms with Gasteiger partial charge in [-0.2, -0.15) is 0 Å². The molecule has 1 aliphatic rings. The molecule has 0 nitrogen and oxygen atoms in total. The lowest BCUT2D eigenvalue weighted by atomic mass is 9.92. The fraction of sp³-hybridized carbons (Fsp3) is 0.467. The van der Waals surface area contributed by atoms with Gasteiger partial charge >= 0.3 is 0 Å². The van der Waals surface area contributed by atoms with Crippen molar-refractivity contribution in [3.8, 4) is 0 Å². The molecule has 0 saturated heterocycles. The van der Waals surface area contributed by atoms with Gasteiger partial charge in [0.1, 0.15) is 0 Å². The molecule has 2 rings (SSSR count). The summed E-state index contributed by atoms with van der Waals surface area (Å²) in [6.45, 7) is 3.87. The molecule has 1 fully saturated rings. The highest BCUT2D eigenvalue weighted by atomic mass is 14.3. The molecule has 1 aliphatic carbocycles. The molecule has 1 saturated carbocycles. The minimum Gasteiger partial charge on any atom is -0.103 e. The Balaban J connectivity index is 1.82. The van der Waals surface area contributed by atoms with Crippen LogP contribution < -0.4 is 0 Å². The van der Waals surface area contributed by atoms with Crippen LogP contribution in [0.5, 0.6) is 0 Å². The average molecular weight is 200 g/mol. The van der Waals surface area contributed by atoms with E-state index < -0.39 is 0 Å². The summed E-state index contributed by atoms with van der Waals surface area (Å²) in [4.78, 5) is 0. The maximum atomic E-state index is 3.87. The SMILES string of the molecule is C=CCC(CCc1ccccc1)C1CC1. The lowest BCUT2D eigenvalue weighted by molar-refractivity contribution is 0.434. The number of benzene rings is 1. The van der Waals surface area contributed by atoms with Gasteiger partial charge in [-0.25, -0.2) is 0 Å². The molecule has 15 heavy (non-hydrogen) atoms. The minimum atomic E-state index is 0.891. The molecule has 0 heterocycles. The van der Waals surface area contributed by atoms with Crippen LogP contribution in [0.4, 0.5) is 0 Å². The summed E-state index contributed by atoms with van der Waals surface area (Å²) in [5.41, 5.74) is 1.48. The van der Waals surface area contributed by atoms with Crippen molar-refractivity contribution in [3.05, 3.63) is 48.6 Å². The van der Waals surface area contributed by atoms with Crippen molar-refractivity contribution in [1.29, 1.82) is 0 Å². The highest BCUT2D eigenvalue weighted by molar-refractivity contribution is 5.14. The average Bonchev–Trinajstić information content (AvgIpc) is 3.09. The molecule has 0 aliphatic heterocycles. The summed E-state index contributed by atoms with van der Waals surface area (Å²) in [5, 5.41) is 0. The Morgan fingerprint density at radius 1 is 1.27 bits per heavy atom. The summed E-state index contributed by atoms with van der Waals surface area (Å²) < 4.78 is 0. The summed E-state index contributed by atoms with van der Waals surface area (Å²) in [5.74, 6) is 1.90. The number of hydrogen-bond donors (Lipinski definition) is 0. The van der Waals surface area contributed by atoms with Crippen molar-refractivity contribution in [2.45, 2.75) is 32.1 Å². The van der Waals surface area contributed by atoms with Crippen LogP contribution in [-0.4, -0.2) is 0 Å². The lowest BCUT2D eigenvalue weighted by Crippen LogP contribution is -2.03. The van der Waals surface area contributed by atoms with Crippen LogP contribution in [0, 0.1) is 11.8 Å². The quantitative estimate of drug-likeness (QED) is 0.603. The van der Waals surface area contributed by atoms with Crippen LogP contribution in [-0.2, 0) is 6.42 Å². The van der Waals surface area contributed by atoms with E-state index in [2.05, 4.69) is 43.0 Å². The molecular weight excluding hydrogens is 180 g/mol. The van der Waals surface area contributed by atoms with Gasteiger partial charge in [-0.05, 0) is 49.5 Å². The van der Waals surface area contributed by atoms with Gasteiger partial charge in [0, 0.05) is 0 Å². The second-order valence-electron chi connectivity index (χ2n) is 4.65. The van der Waals surface area contributed by atoms with Gasteiger partial charge in [0.2, 0.25) is 0 Å². The van der Waals surface area contributed by atoms with E-state index in [9.17, 15) is 0 Å². The van der Waals surface area contributed by atoms with E-state index >= 15 is 0 Å².